The van der Waals surface area contributed by atoms with Crippen LogP contribution in [0.15, 0.2) is 48.1 Å². The fourth-order valence-corrected chi connectivity index (χ4v) is 5.36. The standard InChI is InChI=1S/C23H23FN8O2S.C2HF3O2/c1-2-35(33,34)20-4-3-18(24)23(30-20)31-10-7-15(12-31)19(5-8-25)32-13-16(11-29-32)21-17-6-9-26-22(17)28-14-27-21;3-2(4,5)1(6)7/h3-4,6,9,11,13-15,19H,2,5,7,10,12H2,1H3,(H,26,27,28);(H,6,7)/t15-,19-;/m0./s1. The number of carbonyl (C=O) groups is 1. The average molecular weight is 609 g/mol. The van der Waals surface area contributed by atoms with Crippen molar-refractivity contribution in [2.75, 3.05) is 23.7 Å². The van der Waals surface area contributed by atoms with Gasteiger partial charge >= 0.3 is 12.1 Å². The summed E-state index contributed by atoms with van der Waals surface area (Å²) in [4.78, 5) is 26.5. The molecule has 4 aromatic heterocycles. The Morgan fingerprint density at radius 1 is 1.29 bits per heavy atom. The van der Waals surface area contributed by atoms with Crippen LogP contribution in [-0.2, 0) is 14.6 Å². The number of aliphatic carboxylic acids is 1. The Morgan fingerprint density at radius 3 is 2.69 bits per heavy atom. The lowest BCUT2D eigenvalue weighted by Crippen LogP contribution is -2.26. The number of aromatic nitrogens is 6. The molecule has 0 aliphatic carbocycles. The number of carboxylic acids is 1. The van der Waals surface area contributed by atoms with Crippen molar-refractivity contribution in [2.45, 2.75) is 37.0 Å². The van der Waals surface area contributed by atoms with Crippen LogP contribution in [0, 0.1) is 23.1 Å². The highest BCUT2D eigenvalue weighted by Gasteiger charge is 2.38. The van der Waals surface area contributed by atoms with Gasteiger partial charge in [-0.1, -0.05) is 6.92 Å². The van der Waals surface area contributed by atoms with E-state index in [1.165, 1.54) is 19.3 Å². The minimum Gasteiger partial charge on any atom is -0.475 e. The summed E-state index contributed by atoms with van der Waals surface area (Å²) in [5.41, 5.74) is 2.27. The number of rotatable bonds is 7. The van der Waals surface area contributed by atoms with E-state index >= 15 is 0 Å². The molecule has 42 heavy (non-hydrogen) atoms. The van der Waals surface area contributed by atoms with Gasteiger partial charge in [-0.05, 0) is 24.6 Å². The molecule has 12 nitrogen and oxygen atoms in total. The molecule has 1 fully saturated rings. The third kappa shape index (κ3) is 6.48. The van der Waals surface area contributed by atoms with E-state index in [1.807, 2.05) is 12.3 Å². The van der Waals surface area contributed by atoms with Crippen molar-refractivity contribution in [1.29, 1.82) is 5.26 Å². The van der Waals surface area contributed by atoms with E-state index in [-0.39, 0.29) is 35.0 Å². The molecule has 4 aromatic rings. The fraction of sp³-hybridized carbons (Fsp3) is 0.360. The van der Waals surface area contributed by atoms with Crippen molar-refractivity contribution in [3.05, 3.63) is 48.9 Å². The van der Waals surface area contributed by atoms with Gasteiger partial charge in [0.25, 0.3) is 0 Å². The van der Waals surface area contributed by atoms with Crippen molar-refractivity contribution < 1.29 is 35.9 Å². The molecule has 1 aliphatic rings. The zero-order valence-electron chi connectivity index (χ0n) is 22.0. The van der Waals surface area contributed by atoms with Crippen LogP contribution in [0.25, 0.3) is 22.3 Å². The van der Waals surface area contributed by atoms with Gasteiger partial charge in [-0.2, -0.15) is 23.5 Å². The highest BCUT2D eigenvalue weighted by molar-refractivity contribution is 7.91. The van der Waals surface area contributed by atoms with Crippen molar-refractivity contribution in [3.63, 3.8) is 0 Å². The molecule has 0 aromatic carbocycles. The average Bonchev–Trinajstić information content (AvgIpc) is 3.72. The number of nitrogens with one attached hydrogen (secondary N) is 1. The number of H-pyrrole nitrogens is 1. The zero-order valence-corrected chi connectivity index (χ0v) is 22.8. The Labute approximate surface area is 236 Å². The summed E-state index contributed by atoms with van der Waals surface area (Å²) in [6, 6.07) is 6.24. The number of nitrogens with zero attached hydrogens (tertiary/aromatic N) is 7. The van der Waals surface area contributed by atoms with Crippen molar-refractivity contribution in [3.8, 4) is 17.3 Å². The van der Waals surface area contributed by atoms with Crippen LogP contribution in [0.3, 0.4) is 0 Å². The zero-order chi connectivity index (χ0) is 30.7. The predicted octanol–water partition coefficient (Wildman–Crippen LogP) is 3.76. The number of carboxylic acid groups (broad SMARTS) is 1. The molecule has 0 bridgehead atoms. The molecule has 0 saturated carbocycles. The second-order valence-corrected chi connectivity index (χ2v) is 11.5. The first kappa shape index (κ1) is 30.4. The van der Waals surface area contributed by atoms with Gasteiger partial charge in [-0.3, -0.25) is 4.68 Å². The Bertz CT molecular complexity index is 1730. The molecule has 1 aliphatic heterocycles. The number of anilines is 1. The molecule has 0 radical (unpaired) electrons. The van der Waals surface area contributed by atoms with Crippen LogP contribution in [0.1, 0.15) is 25.8 Å². The summed E-state index contributed by atoms with van der Waals surface area (Å²) in [7, 11) is -3.56. The van der Waals surface area contributed by atoms with E-state index in [4.69, 9.17) is 9.90 Å². The maximum absolute atomic E-state index is 14.6. The Hall–Kier alpha value is -4.59. The molecule has 2 atom stereocenters. The van der Waals surface area contributed by atoms with Gasteiger partial charge in [0, 0.05) is 42.4 Å². The molecule has 0 amide bonds. The number of hydrogen-bond donors (Lipinski definition) is 2. The summed E-state index contributed by atoms with van der Waals surface area (Å²) in [6.45, 7) is 2.45. The molecule has 0 unspecified atom stereocenters. The molecule has 222 valence electrons. The first-order valence-electron chi connectivity index (χ1n) is 12.5. The molecular formula is C25H24F4N8O4S. The van der Waals surface area contributed by atoms with Gasteiger partial charge in [-0.15, -0.1) is 0 Å². The molecule has 0 spiro atoms. The molecule has 2 N–H and O–H groups in total. The van der Waals surface area contributed by atoms with Gasteiger partial charge in [0.1, 0.15) is 12.0 Å². The number of fused-ring (bicyclic) bond motifs is 1. The predicted molar refractivity (Wildman–Crippen MR) is 140 cm³/mol. The Kier molecular flexibility index (Phi) is 8.75. The summed E-state index contributed by atoms with van der Waals surface area (Å²) < 4.78 is 72.6. The third-order valence-corrected chi connectivity index (χ3v) is 8.31. The summed E-state index contributed by atoms with van der Waals surface area (Å²) in [5.74, 6) is -3.42. The largest absolute Gasteiger partial charge is 0.490 e. The smallest absolute Gasteiger partial charge is 0.475 e. The quantitative estimate of drug-likeness (QED) is 0.294. The van der Waals surface area contributed by atoms with E-state index in [9.17, 15) is 31.2 Å². The first-order chi connectivity index (χ1) is 19.9. The molecule has 5 rings (SSSR count). The molecular weight excluding hydrogens is 584 g/mol. The van der Waals surface area contributed by atoms with Crippen LogP contribution in [0.2, 0.25) is 0 Å². The SMILES string of the molecule is CCS(=O)(=O)c1ccc(F)c(N2CC[C@H]([C@H](CC#N)n3cc(-c4ncnc5[nH]ccc45)cn3)C2)n1.O=C(O)C(F)(F)F. The minimum absolute atomic E-state index is 0.00675. The normalized spacial score (nSPS) is 16.1. The van der Waals surface area contributed by atoms with Crippen LogP contribution in [0.4, 0.5) is 23.4 Å². The van der Waals surface area contributed by atoms with Crippen LogP contribution in [0.5, 0.6) is 0 Å². The van der Waals surface area contributed by atoms with Gasteiger partial charge in [0.15, 0.2) is 26.5 Å². The van der Waals surface area contributed by atoms with E-state index in [2.05, 4.69) is 31.1 Å². The number of sulfone groups is 1. The van der Waals surface area contributed by atoms with Gasteiger partial charge in [-0.25, -0.2) is 32.6 Å². The lowest BCUT2D eigenvalue weighted by Gasteiger charge is -2.23. The van der Waals surface area contributed by atoms with Crippen LogP contribution in [-0.4, -0.2) is 74.2 Å². The lowest BCUT2D eigenvalue weighted by molar-refractivity contribution is -0.192. The molecule has 1 saturated heterocycles. The summed E-state index contributed by atoms with van der Waals surface area (Å²) >= 11 is 0. The number of alkyl halides is 3. The third-order valence-electron chi connectivity index (χ3n) is 6.68. The van der Waals surface area contributed by atoms with Gasteiger partial charge < -0.3 is 15.0 Å². The number of pyridine rings is 1. The molecule has 5 heterocycles. The van der Waals surface area contributed by atoms with Crippen molar-refractivity contribution in [2.24, 2.45) is 5.92 Å². The van der Waals surface area contributed by atoms with Crippen LogP contribution >= 0.6 is 0 Å². The Morgan fingerprint density at radius 2 is 2.02 bits per heavy atom. The maximum Gasteiger partial charge on any atom is 0.490 e. The highest BCUT2D eigenvalue weighted by Crippen LogP contribution is 2.35. The van der Waals surface area contributed by atoms with Crippen molar-refractivity contribution >= 4 is 32.7 Å². The Balaban J connectivity index is 0.000000517. The van der Waals surface area contributed by atoms with Gasteiger partial charge in [0.05, 0.1) is 36.2 Å². The monoisotopic (exact) mass is 608 g/mol. The number of halogens is 4. The maximum atomic E-state index is 14.6. The van der Waals surface area contributed by atoms with Crippen LogP contribution < -0.4 is 4.90 Å². The molecule has 17 heteroatoms. The van der Waals surface area contributed by atoms with Gasteiger partial charge in [0.2, 0.25) is 0 Å². The number of aromatic amines is 1. The highest BCUT2D eigenvalue weighted by atomic mass is 32.2. The number of nitriles is 1. The summed E-state index contributed by atoms with van der Waals surface area (Å²) in [5, 5.41) is 21.9. The second kappa shape index (κ2) is 12.1. The fourth-order valence-electron chi connectivity index (χ4n) is 4.56. The van der Waals surface area contributed by atoms with E-state index in [0.29, 0.717) is 19.5 Å². The van der Waals surface area contributed by atoms with Crippen molar-refractivity contribution in [1.82, 2.24) is 29.7 Å². The van der Waals surface area contributed by atoms with E-state index in [1.54, 1.807) is 22.0 Å². The second-order valence-electron chi connectivity index (χ2n) is 9.26. The minimum atomic E-state index is -5.08. The topological polar surface area (TPSA) is 171 Å². The number of hydrogen-bond acceptors (Lipinski definition) is 9. The summed E-state index contributed by atoms with van der Waals surface area (Å²) in [6.07, 6.45) is 2.69. The van der Waals surface area contributed by atoms with E-state index in [0.717, 1.165) is 28.4 Å². The first-order valence-corrected chi connectivity index (χ1v) is 14.1. The van der Waals surface area contributed by atoms with E-state index < -0.39 is 27.8 Å². The lowest BCUT2D eigenvalue weighted by atomic mass is 9.96.